The number of hydrogen-bond acceptors (Lipinski definition) is 4. The second-order valence-corrected chi connectivity index (χ2v) is 14.3. The molecule has 0 saturated heterocycles. The van der Waals surface area contributed by atoms with E-state index in [1.807, 2.05) is 18.3 Å². The van der Waals surface area contributed by atoms with E-state index < -0.39 is 0 Å². The van der Waals surface area contributed by atoms with Gasteiger partial charge >= 0.3 is 0 Å². The molecule has 6 aromatic carbocycles. The fourth-order valence-corrected chi connectivity index (χ4v) is 8.50. The van der Waals surface area contributed by atoms with Gasteiger partial charge in [-0.15, -0.1) is 0 Å². The van der Waals surface area contributed by atoms with Crippen molar-refractivity contribution in [3.63, 3.8) is 0 Å². The highest BCUT2D eigenvalue weighted by Crippen LogP contribution is 2.49. The number of benzene rings is 6. The summed E-state index contributed by atoms with van der Waals surface area (Å²) in [5, 5.41) is 2.63. The Kier molecular flexibility index (Phi) is 7.95. The number of rotatable bonds is 6. The molecule has 258 valence electrons. The van der Waals surface area contributed by atoms with Crippen molar-refractivity contribution in [2.75, 3.05) is 7.05 Å². The topological polar surface area (TPSA) is 40.9 Å². The Labute approximate surface area is 316 Å². The SMILES string of the molecule is CN1C(c2ccccc2)=NC(c2cccc(-c3ccccc3)c2)=NC1c1ccc(-c2cc3c(c4ccccc24)CC2=C3C(c3ccccn3)=CCC2)cc1. The van der Waals surface area contributed by atoms with Crippen molar-refractivity contribution in [2.24, 2.45) is 9.98 Å². The second-order valence-electron chi connectivity index (χ2n) is 14.3. The van der Waals surface area contributed by atoms with Crippen molar-refractivity contribution in [3.8, 4) is 22.3 Å². The van der Waals surface area contributed by atoms with Crippen LogP contribution in [0.4, 0.5) is 0 Å². The van der Waals surface area contributed by atoms with Crippen LogP contribution < -0.4 is 0 Å². The fraction of sp³-hybridized carbons (Fsp3) is 0.100. The highest BCUT2D eigenvalue weighted by Gasteiger charge is 2.30. The molecule has 3 aliphatic rings. The summed E-state index contributed by atoms with van der Waals surface area (Å²) in [6.45, 7) is 0. The Morgan fingerprint density at radius 1 is 0.593 bits per heavy atom. The Hall–Kier alpha value is -6.65. The molecule has 0 amide bonds. The Morgan fingerprint density at radius 3 is 2.07 bits per heavy atom. The van der Waals surface area contributed by atoms with Crippen LogP contribution in [0.15, 0.2) is 186 Å². The lowest BCUT2D eigenvalue weighted by Gasteiger charge is -2.32. The molecule has 1 aromatic heterocycles. The number of amidine groups is 2. The maximum absolute atomic E-state index is 5.33. The summed E-state index contributed by atoms with van der Waals surface area (Å²) in [6.07, 6.45) is 7.20. The van der Waals surface area contributed by atoms with Gasteiger partial charge in [-0.05, 0) is 98.8 Å². The summed E-state index contributed by atoms with van der Waals surface area (Å²) in [5.41, 5.74) is 16.0. The van der Waals surface area contributed by atoms with Crippen molar-refractivity contribution in [1.82, 2.24) is 9.88 Å². The van der Waals surface area contributed by atoms with E-state index in [4.69, 9.17) is 15.0 Å². The maximum Gasteiger partial charge on any atom is 0.159 e. The minimum absolute atomic E-state index is 0.250. The van der Waals surface area contributed by atoms with Gasteiger partial charge in [0.2, 0.25) is 0 Å². The molecule has 10 rings (SSSR count). The fourth-order valence-electron chi connectivity index (χ4n) is 8.50. The third-order valence-corrected chi connectivity index (χ3v) is 11.1. The zero-order valence-electron chi connectivity index (χ0n) is 30.2. The van der Waals surface area contributed by atoms with Crippen molar-refractivity contribution < 1.29 is 0 Å². The molecule has 1 atom stereocenters. The van der Waals surface area contributed by atoms with Crippen LogP contribution in [0, 0.1) is 0 Å². The quantitative estimate of drug-likeness (QED) is 0.174. The van der Waals surface area contributed by atoms with Crippen molar-refractivity contribution in [1.29, 1.82) is 0 Å². The Bertz CT molecular complexity index is 2670. The van der Waals surface area contributed by atoms with Gasteiger partial charge < -0.3 is 4.90 Å². The van der Waals surface area contributed by atoms with E-state index >= 15 is 0 Å². The van der Waals surface area contributed by atoms with Crippen LogP contribution in [0.2, 0.25) is 0 Å². The molecule has 7 aromatic rings. The Morgan fingerprint density at radius 2 is 1.30 bits per heavy atom. The smallest absolute Gasteiger partial charge is 0.159 e. The summed E-state index contributed by atoms with van der Waals surface area (Å²) in [5.74, 6) is 1.63. The van der Waals surface area contributed by atoms with Crippen molar-refractivity contribution in [3.05, 3.63) is 209 Å². The maximum atomic E-state index is 5.33. The normalized spacial score (nSPS) is 16.4. The minimum atomic E-state index is -0.250. The number of pyridine rings is 1. The molecule has 0 fully saturated rings. The third kappa shape index (κ3) is 5.59. The third-order valence-electron chi connectivity index (χ3n) is 11.1. The number of hydrogen-bond donors (Lipinski definition) is 0. The zero-order valence-corrected chi connectivity index (χ0v) is 30.2. The first-order chi connectivity index (χ1) is 26.7. The van der Waals surface area contributed by atoms with E-state index in [-0.39, 0.29) is 6.17 Å². The molecule has 54 heavy (non-hydrogen) atoms. The lowest BCUT2D eigenvalue weighted by Crippen LogP contribution is -2.35. The zero-order chi connectivity index (χ0) is 36.0. The van der Waals surface area contributed by atoms with Crippen LogP contribution in [0.1, 0.15) is 52.5 Å². The molecule has 0 spiro atoms. The van der Waals surface area contributed by atoms with Crippen LogP contribution >= 0.6 is 0 Å². The standard InChI is InChI=1S/C50H38N4/c1-54-49(35-16-6-3-7-17-35)52-48(39-20-12-18-37(30-39)33-14-4-2-5-15-33)53-50(54)36-27-25-34(26-28-36)43-32-45-44(41-22-9-8-21-40(41)43)31-38-19-13-23-42(47(38)45)46-24-10-11-29-51-46/h2-12,14-18,20-30,32,50H,13,19,31H2,1H3. The summed E-state index contributed by atoms with van der Waals surface area (Å²) in [6, 6.07) is 56.1. The summed E-state index contributed by atoms with van der Waals surface area (Å²) in [7, 11) is 2.10. The summed E-state index contributed by atoms with van der Waals surface area (Å²) >= 11 is 0. The van der Waals surface area contributed by atoms with Gasteiger partial charge in [-0.2, -0.15) is 0 Å². The molecule has 1 aliphatic heterocycles. The van der Waals surface area contributed by atoms with Gasteiger partial charge in [0.1, 0.15) is 12.0 Å². The number of aromatic nitrogens is 1. The van der Waals surface area contributed by atoms with Gasteiger partial charge in [0.15, 0.2) is 5.84 Å². The van der Waals surface area contributed by atoms with E-state index in [0.29, 0.717) is 0 Å². The van der Waals surface area contributed by atoms with Gasteiger partial charge in [0.05, 0.1) is 5.69 Å². The van der Waals surface area contributed by atoms with Crippen LogP contribution in [0.3, 0.4) is 0 Å². The predicted molar refractivity (Wildman–Crippen MR) is 223 cm³/mol. The molecule has 4 nitrogen and oxygen atoms in total. The van der Waals surface area contributed by atoms with Gasteiger partial charge in [-0.1, -0.05) is 145 Å². The minimum Gasteiger partial charge on any atom is -0.333 e. The average Bonchev–Trinajstić information content (AvgIpc) is 3.64. The van der Waals surface area contributed by atoms with Gasteiger partial charge in [-0.25, -0.2) is 9.98 Å². The first-order valence-corrected chi connectivity index (χ1v) is 18.8. The molecular formula is C50H38N4. The molecule has 0 bridgehead atoms. The molecule has 0 radical (unpaired) electrons. The molecule has 1 unspecified atom stereocenters. The van der Waals surface area contributed by atoms with Crippen LogP contribution in [-0.4, -0.2) is 28.6 Å². The largest absolute Gasteiger partial charge is 0.333 e. The number of allylic oxidation sites excluding steroid dienone is 4. The van der Waals surface area contributed by atoms with Crippen molar-refractivity contribution >= 4 is 33.6 Å². The first kappa shape index (κ1) is 32.0. The lowest BCUT2D eigenvalue weighted by molar-refractivity contribution is 0.383. The van der Waals surface area contributed by atoms with E-state index in [2.05, 4.69) is 164 Å². The highest BCUT2D eigenvalue weighted by molar-refractivity contribution is 6.14. The number of aliphatic imine (C=N–C) groups is 2. The summed E-state index contributed by atoms with van der Waals surface area (Å²) in [4.78, 5) is 17.5. The lowest BCUT2D eigenvalue weighted by atomic mass is 9.86. The van der Waals surface area contributed by atoms with E-state index in [1.54, 1.807) is 0 Å². The molecule has 0 N–H and O–H groups in total. The number of nitrogens with zero attached hydrogens (tertiary/aromatic N) is 4. The second kappa shape index (κ2) is 13.4. The Balaban J connectivity index is 1.05. The predicted octanol–water partition coefficient (Wildman–Crippen LogP) is 11.6. The molecular weight excluding hydrogens is 657 g/mol. The van der Waals surface area contributed by atoms with Crippen LogP contribution in [0.25, 0.3) is 44.2 Å². The molecule has 2 aliphatic carbocycles. The average molecular weight is 695 g/mol. The molecule has 2 heterocycles. The number of fused-ring (bicyclic) bond motifs is 4. The van der Waals surface area contributed by atoms with Gasteiger partial charge in [-0.3, -0.25) is 4.98 Å². The van der Waals surface area contributed by atoms with E-state index in [0.717, 1.165) is 58.9 Å². The first-order valence-electron chi connectivity index (χ1n) is 18.8. The van der Waals surface area contributed by atoms with Gasteiger partial charge in [0, 0.05) is 29.9 Å². The van der Waals surface area contributed by atoms with E-state index in [9.17, 15) is 0 Å². The van der Waals surface area contributed by atoms with Crippen molar-refractivity contribution in [2.45, 2.75) is 25.4 Å². The molecule has 4 heteroatoms. The van der Waals surface area contributed by atoms with E-state index in [1.165, 1.54) is 55.3 Å². The summed E-state index contributed by atoms with van der Waals surface area (Å²) < 4.78 is 0. The highest BCUT2D eigenvalue weighted by atomic mass is 15.3. The van der Waals surface area contributed by atoms with Crippen LogP contribution in [0.5, 0.6) is 0 Å². The molecule has 0 saturated carbocycles. The van der Waals surface area contributed by atoms with Crippen LogP contribution in [-0.2, 0) is 6.42 Å². The van der Waals surface area contributed by atoms with Gasteiger partial charge in [0.25, 0.3) is 0 Å². The monoisotopic (exact) mass is 694 g/mol.